The van der Waals surface area contributed by atoms with Crippen LogP contribution >= 0.6 is 0 Å². The number of aliphatic hydroxyl groups is 1. The summed E-state index contributed by atoms with van der Waals surface area (Å²) < 4.78 is 8.09. The molecule has 1 N–H and O–H groups in total. The van der Waals surface area contributed by atoms with Crippen molar-refractivity contribution in [3.8, 4) is 5.75 Å². The van der Waals surface area contributed by atoms with Gasteiger partial charge in [-0.1, -0.05) is 85.8 Å². The van der Waals surface area contributed by atoms with Crippen molar-refractivity contribution in [1.82, 2.24) is 9.47 Å². The second-order valence-electron chi connectivity index (χ2n) is 8.24. The maximum absolute atomic E-state index is 10.6. The van der Waals surface area contributed by atoms with E-state index in [2.05, 4.69) is 95.4 Å². The summed E-state index contributed by atoms with van der Waals surface area (Å²) in [5.41, 5.74) is 3.71. The molecule has 3 aromatic carbocycles. The second-order valence-corrected chi connectivity index (χ2v) is 8.24. The highest BCUT2D eigenvalue weighted by molar-refractivity contribution is 5.34. The van der Waals surface area contributed by atoms with Gasteiger partial charge >= 0.3 is 0 Å². The van der Waals surface area contributed by atoms with Gasteiger partial charge in [0.2, 0.25) is 0 Å². The van der Waals surface area contributed by atoms with Crippen molar-refractivity contribution in [3.63, 3.8) is 0 Å². The number of hydrogen-bond acceptors (Lipinski definition) is 3. The normalized spacial score (nSPS) is 12.2. The lowest BCUT2D eigenvalue weighted by Crippen LogP contribution is -2.36. The summed E-state index contributed by atoms with van der Waals surface area (Å²) in [6.45, 7) is 4.55. The molecule has 1 atom stereocenters. The van der Waals surface area contributed by atoms with Gasteiger partial charge in [-0.05, 0) is 41.9 Å². The Hall–Kier alpha value is -3.34. The van der Waals surface area contributed by atoms with Crippen molar-refractivity contribution in [1.29, 1.82) is 0 Å². The van der Waals surface area contributed by atoms with Gasteiger partial charge in [0.15, 0.2) is 0 Å². The van der Waals surface area contributed by atoms with Gasteiger partial charge in [-0.15, -0.1) is 0 Å². The average molecular weight is 441 g/mol. The highest BCUT2D eigenvalue weighted by Gasteiger charge is 2.20. The van der Waals surface area contributed by atoms with Crippen molar-refractivity contribution in [2.45, 2.75) is 25.6 Å². The van der Waals surface area contributed by atoms with Crippen molar-refractivity contribution < 1.29 is 9.84 Å². The molecule has 4 nitrogen and oxygen atoms in total. The molecule has 0 fully saturated rings. The minimum absolute atomic E-state index is 0.0995. The van der Waals surface area contributed by atoms with Crippen LogP contribution in [0.1, 0.15) is 29.8 Å². The first-order chi connectivity index (χ1) is 16.2. The lowest BCUT2D eigenvalue weighted by molar-refractivity contribution is 0.0667. The summed E-state index contributed by atoms with van der Waals surface area (Å²) in [7, 11) is 0. The second kappa shape index (κ2) is 11.5. The zero-order valence-corrected chi connectivity index (χ0v) is 19.1. The minimum Gasteiger partial charge on any atom is -0.491 e. The van der Waals surface area contributed by atoms with Crippen LogP contribution in [0.15, 0.2) is 109 Å². The highest BCUT2D eigenvalue weighted by Crippen LogP contribution is 2.28. The SMILES string of the molecule is CCN(Cc1cccn1C(c1ccccc1)c1ccccc1)CC(O)COc1ccccc1. The predicted molar refractivity (Wildman–Crippen MR) is 133 cm³/mol. The molecule has 0 saturated carbocycles. The smallest absolute Gasteiger partial charge is 0.119 e. The monoisotopic (exact) mass is 440 g/mol. The van der Waals surface area contributed by atoms with E-state index >= 15 is 0 Å². The molecule has 4 aromatic rings. The molecule has 0 saturated heterocycles. The molecular weight excluding hydrogens is 408 g/mol. The van der Waals surface area contributed by atoms with Crippen molar-refractivity contribution in [2.75, 3.05) is 19.7 Å². The summed E-state index contributed by atoms with van der Waals surface area (Å²) in [4.78, 5) is 2.26. The Kier molecular flexibility index (Phi) is 7.96. The van der Waals surface area contributed by atoms with Crippen LogP contribution in [0.4, 0.5) is 0 Å². The van der Waals surface area contributed by atoms with Gasteiger partial charge in [0.05, 0.1) is 6.04 Å². The van der Waals surface area contributed by atoms with Gasteiger partial charge in [0.1, 0.15) is 18.5 Å². The predicted octanol–water partition coefficient (Wildman–Crippen LogP) is 5.39. The Morgan fingerprint density at radius 2 is 1.36 bits per heavy atom. The maximum Gasteiger partial charge on any atom is 0.119 e. The Bertz CT molecular complexity index is 1040. The number of hydrogen-bond donors (Lipinski definition) is 1. The van der Waals surface area contributed by atoms with E-state index in [-0.39, 0.29) is 12.6 Å². The van der Waals surface area contributed by atoms with E-state index in [1.807, 2.05) is 30.3 Å². The van der Waals surface area contributed by atoms with Gasteiger partial charge in [0.25, 0.3) is 0 Å². The summed E-state index contributed by atoms with van der Waals surface area (Å²) in [5, 5.41) is 10.6. The molecule has 0 aliphatic carbocycles. The summed E-state index contributed by atoms with van der Waals surface area (Å²) in [6, 6.07) is 35.2. The lowest BCUT2D eigenvalue weighted by atomic mass is 9.98. The first-order valence-corrected chi connectivity index (χ1v) is 11.6. The number of aromatic nitrogens is 1. The number of aliphatic hydroxyl groups excluding tert-OH is 1. The molecule has 1 aromatic heterocycles. The number of likely N-dealkylation sites (N-methyl/N-ethyl adjacent to an activating group) is 1. The molecule has 0 aliphatic heterocycles. The van der Waals surface area contributed by atoms with Gasteiger partial charge in [-0.2, -0.15) is 0 Å². The van der Waals surface area contributed by atoms with E-state index in [4.69, 9.17) is 4.74 Å². The summed E-state index contributed by atoms with van der Waals surface area (Å²) >= 11 is 0. The van der Waals surface area contributed by atoms with Crippen LogP contribution in [0.2, 0.25) is 0 Å². The largest absolute Gasteiger partial charge is 0.491 e. The zero-order valence-electron chi connectivity index (χ0n) is 19.1. The molecule has 170 valence electrons. The quantitative estimate of drug-likeness (QED) is 0.340. The summed E-state index contributed by atoms with van der Waals surface area (Å²) in [5.74, 6) is 0.780. The van der Waals surface area contributed by atoms with Crippen molar-refractivity contribution in [3.05, 3.63) is 126 Å². The molecule has 4 rings (SSSR count). The molecule has 1 heterocycles. The Morgan fingerprint density at radius 1 is 0.788 bits per heavy atom. The third-order valence-electron chi connectivity index (χ3n) is 5.86. The zero-order chi connectivity index (χ0) is 22.9. The molecular formula is C29H32N2O2. The van der Waals surface area contributed by atoms with Crippen LogP contribution in [0.3, 0.4) is 0 Å². The topological polar surface area (TPSA) is 37.6 Å². The molecule has 4 heteroatoms. The lowest BCUT2D eigenvalue weighted by Gasteiger charge is -2.27. The molecule has 0 spiro atoms. The van der Waals surface area contributed by atoms with Crippen LogP contribution in [0.25, 0.3) is 0 Å². The molecule has 0 amide bonds. The van der Waals surface area contributed by atoms with Crippen LogP contribution in [0, 0.1) is 0 Å². The molecule has 0 bridgehead atoms. The first kappa shape index (κ1) is 22.8. The van der Waals surface area contributed by atoms with E-state index in [0.29, 0.717) is 6.54 Å². The minimum atomic E-state index is -0.562. The van der Waals surface area contributed by atoms with Crippen LogP contribution in [-0.2, 0) is 6.54 Å². The summed E-state index contributed by atoms with van der Waals surface area (Å²) in [6.07, 6.45) is 1.59. The van der Waals surface area contributed by atoms with Gasteiger partial charge in [-0.3, -0.25) is 4.90 Å². The van der Waals surface area contributed by atoms with E-state index in [0.717, 1.165) is 18.8 Å². The Labute approximate surface area is 196 Å². The first-order valence-electron chi connectivity index (χ1n) is 11.6. The van der Waals surface area contributed by atoms with E-state index < -0.39 is 6.10 Å². The maximum atomic E-state index is 10.6. The van der Waals surface area contributed by atoms with Crippen LogP contribution in [0.5, 0.6) is 5.75 Å². The molecule has 1 unspecified atom stereocenters. The highest BCUT2D eigenvalue weighted by atomic mass is 16.5. The molecule has 33 heavy (non-hydrogen) atoms. The van der Waals surface area contributed by atoms with E-state index in [1.54, 1.807) is 0 Å². The number of nitrogens with zero attached hydrogens (tertiary/aromatic N) is 2. The fraction of sp³-hybridized carbons (Fsp3) is 0.241. The van der Waals surface area contributed by atoms with Crippen molar-refractivity contribution in [2.24, 2.45) is 0 Å². The number of rotatable bonds is 11. The Balaban J connectivity index is 1.49. The van der Waals surface area contributed by atoms with Gasteiger partial charge in [0, 0.05) is 25.0 Å². The fourth-order valence-corrected chi connectivity index (χ4v) is 4.19. The van der Waals surface area contributed by atoms with Crippen LogP contribution in [-0.4, -0.2) is 40.4 Å². The van der Waals surface area contributed by atoms with Crippen LogP contribution < -0.4 is 4.74 Å². The van der Waals surface area contributed by atoms with Gasteiger partial charge < -0.3 is 14.4 Å². The number of ether oxygens (including phenoxy) is 1. The molecule has 0 radical (unpaired) electrons. The van der Waals surface area contributed by atoms with E-state index in [9.17, 15) is 5.11 Å². The third-order valence-corrected chi connectivity index (χ3v) is 5.86. The average Bonchev–Trinajstić information content (AvgIpc) is 3.32. The number of para-hydroxylation sites is 1. The fourth-order valence-electron chi connectivity index (χ4n) is 4.19. The van der Waals surface area contributed by atoms with Gasteiger partial charge in [-0.25, -0.2) is 0 Å². The van der Waals surface area contributed by atoms with E-state index in [1.165, 1.54) is 16.8 Å². The van der Waals surface area contributed by atoms with Crippen molar-refractivity contribution >= 4 is 0 Å². The molecule has 0 aliphatic rings. The standard InChI is InChI=1S/C29H32N2O2/c1-2-30(22-27(32)23-33-28-18-10-5-11-19-28)21-26-17-12-20-31(26)29(24-13-6-3-7-14-24)25-15-8-4-9-16-25/h3-20,27,29,32H,2,21-23H2,1H3. The third kappa shape index (κ3) is 6.13. The number of benzene rings is 3. The Morgan fingerprint density at radius 3 is 1.94 bits per heavy atom.